The van der Waals surface area contributed by atoms with Crippen LogP contribution in [0, 0.1) is 16.5 Å². The molecule has 0 spiro atoms. The third-order valence-electron chi connectivity index (χ3n) is 2.19. The Kier molecular flexibility index (Phi) is 3.09. The second-order valence-corrected chi connectivity index (χ2v) is 3.35. The van der Waals surface area contributed by atoms with Crippen molar-refractivity contribution < 1.29 is 8.78 Å². The lowest BCUT2D eigenvalue weighted by molar-refractivity contribution is 0.626. The van der Waals surface area contributed by atoms with Gasteiger partial charge >= 0.3 is 0 Å². The molecule has 0 N–H and O–H groups in total. The molecule has 0 saturated heterocycles. The second-order valence-electron chi connectivity index (χ2n) is 3.35. The molecule has 0 aliphatic rings. The highest BCUT2D eigenvalue weighted by Crippen LogP contribution is 2.26. The summed E-state index contributed by atoms with van der Waals surface area (Å²) in [4.78, 5) is 10.8. The molecule has 2 aromatic rings. The Morgan fingerprint density at radius 3 is 1.71 bits per heavy atom. The Morgan fingerprint density at radius 1 is 0.882 bits per heavy atom. The fraction of sp³-hybridized carbons (Fsp3) is 0. The van der Waals surface area contributed by atoms with E-state index in [4.69, 9.17) is 0 Å². The molecule has 3 nitrogen and oxygen atoms in total. The molecule has 0 heterocycles. The molecule has 0 fully saturated rings. The summed E-state index contributed by atoms with van der Waals surface area (Å²) >= 11 is 0. The highest BCUT2D eigenvalue weighted by Gasteiger charge is 2.10. The Hall–Kier alpha value is -2.30. The molecule has 0 amide bonds. The molecule has 2 aromatic carbocycles. The molecular formula is C12H8F2N2O. The Bertz CT molecular complexity index is 500. The summed E-state index contributed by atoms with van der Waals surface area (Å²) in [5.41, 5.74) is 0.483. The number of nitroso groups, excluding NO2 is 1. The SMILES string of the molecule is O=NN(c1cccc(F)c1)c1cccc(F)c1. The summed E-state index contributed by atoms with van der Waals surface area (Å²) in [6, 6.07) is 10.7. The maximum Gasteiger partial charge on any atom is 0.125 e. The summed E-state index contributed by atoms with van der Waals surface area (Å²) in [6.07, 6.45) is 0. The van der Waals surface area contributed by atoms with E-state index in [1.165, 1.54) is 36.4 Å². The molecule has 0 radical (unpaired) electrons. The van der Waals surface area contributed by atoms with Crippen molar-refractivity contribution >= 4 is 11.4 Å². The first-order valence-electron chi connectivity index (χ1n) is 4.85. The van der Waals surface area contributed by atoms with E-state index in [0.29, 0.717) is 0 Å². The minimum absolute atomic E-state index is 0.241. The zero-order chi connectivity index (χ0) is 12.3. The molecule has 5 heteroatoms. The van der Waals surface area contributed by atoms with Gasteiger partial charge in [0.1, 0.15) is 11.6 Å². The van der Waals surface area contributed by atoms with Crippen molar-refractivity contribution in [3.63, 3.8) is 0 Å². The normalized spacial score (nSPS) is 10.0. The van der Waals surface area contributed by atoms with Gasteiger partial charge in [0.25, 0.3) is 0 Å². The monoisotopic (exact) mass is 234 g/mol. The Labute approximate surface area is 96.2 Å². The van der Waals surface area contributed by atoms with Gasteiger partial charge in [0.05, 0.1) is 16.7 Å². The molecule has 0 unspecified atom stereocenters. The van der Waals surface area contributed by atoms with Crippen LogP contribution in [0.25, 0.3) is 0 Å². The zero-order valence-electron chi connectivity index (χ0n) is 8.68. The van der Waals surface area contributed by atoms with Crippen molar-refractivity contribution in [3.8, 4) is 0 Å². The second kappa shape index (κ2) is 4.69. The molecule has 0 bridgehead atoms. The number of hydrogen-bond donors (Lipinski definition) is 0. The number of benzene rings is 2. The van der Waals surface area contributed by atoms with E-state index in [2.05, 4.69) is 5.29 Å². The van der Waals surface area contributed by atoms with Gasteiger partial charge in [0.2, 0.25) is 0 Å². The van der Waals surface area contributed by atoms with Crippen LogP contribution < -0.4 is 5.01 Å². The molecule has 17 heavy (non-hydrogen) atoms. The lowest BCUT2D eigenvalue weighted by Gasteiger charge is -2.15. The Balaban J connectivity index is 2.43. The molecule has 86 valence electrons. The van der Waals surface area contributed by atoms with Crippen LogP contribution in [0.4, 0.5) is 20.2 Å². The number of anilines is 2. The van der Waals surface area contributed by atoms with Crippen molar-refractivity contribution in [1.82, 2.24) is 0 Å². The molecule has 0 aromatic heterocycles. The standard InChI is InChI=1S/C12H8F2N2O/c13-9-3-1-5-11(7-9)16(15-17)12-6-2-4-10(14)8-12/h1-8H. The summed E-state index contributed by atoms with van der Waals surface area (Å²) < 4.78 is 26.0. The highest BCUT2D eigenvalue weighted by atomic mass is 19.1. The van der Waals surface area contributed by atoms with Gasteiger partial charge in [-0.2, -0.15) is 5.01 Å². The Morgan fingerprint density at radius 2 is 1.35 bits per heavy atom. The fourth-order valence-electron chi connectivity index (χ4n) is 1.46. The lowest BCUT2D eigenvalue weighted by atomic mass is 10.2. The van der Waals surface area contributed by atoms with Crippen LogP contribution in [0.15, 0.2) is 53.8 Å². The number of halogens is 2. The minimum Gasteiger partial charge on any atom is -0.207 e. The van der Waals surface area contributed by atoms with E-state index in [1.54, 1.807) is 0 Å². The maximum atomic E-state index is 13.0. The van der Waals surface area contributed by atoms with Gasteiger partial charge in [-0.05, 0) is 36.4 Å². The van der Waals surface area contributed by atoms with Crippen LogP contribution in [-0.2, 0) is 0 Å². The predicted molar refractivity (Wildman–Crippen MR) is 60.7 cm³/mol. The number of hydrogen-bond acceptors (Lipinski definition) is 2. The van der Waals surface area contributed by atoms with Crippen LogP contribution in [0.3, 0.4) is 0 Å². The first-order valence-corrected chi connectivity index (χ1v) is 4.85. The summed E-state index contributed by atoms with van der Waals surface area (Å²) in [7, 11) is 0. The van der Waals surface area contributed by atoms with Gasteiger partial charge in [0, 0.05) is 0 Å². The molecule has 0 aliphatic heterocycles. The average Bonchev–Trinajstić information content (AvgIpc) is 2.30. The number of nitrogens with zero attached hydrogens (tertiary/aromatic N) is 2. The first kappa shape index (κ1) is 11.2. The van der Waals surface area contributed by atoms with Crippen molar-refractivity contribution in [2.45, 2.75) is 0 Å². The van der Waals surface area contributed by atoms with Gasteiger partial charge in [-0.1, -0.05) is 12.1 Å². The number of rotatable bonds is 3. The van der Waals surface area contributed by atoms with Crippen LogP contribution in [-0.4, -0.2) is 0 Å². The summed E-state index contributed by atoms with van der Waals surface area (Å²) in [6.45, 7) is 0. The smallest absolute Gasteiger partial charge is 0.125 e. The van der Waals surface area contributed by atoms with Gasteiger partial charge in [-0.25, -0.2) is 8.78 Å². The van der Waals surface area contributed by atoms with Crippen LogP contribution in [0.1, 0.15) is 0 Å². The lowest BCUT2D eigenvalue weighted by Crippen LogP contribution is -2.07. The van der Waals surface area contributed by atoms with Gasteiger partial charge < -0.3 is 0 Å². The van der Waals surface area contributed by atoms with E-state index in [1.807, 2.05) is 0 Å². The quantitative estimate of drug-likeness (QED) is 0.598. The minimum atomic E-state index is -0.493. The van der Waals surface area contributed by atoms with Crippen LogP contribution in [0.2, 0.25) is 0 Å². The van der Waals surface area contributed by atoms with E-state index < -0.39 is 11.6 Å². The van der Waals surface area contributed by atoms with E-state index in [-0.39, 0.29) is 11.4 Å². The molecule has 0 saturated carbocycles. The van der Waals surface area contributed by atoms with Crippen molar-refractivity contribution in [3.05, 3.63) is 65.1 Å². The van der Waals surface area contributed by atoms with Gasteiger partial charge in [-0.3, -0.25) is 0 Å². The third kappa shape index (κ3) is 2.44. The zero-order valence-corrected chi connectivity index (χ0v) is 8.68. The molecule has 0 atom stereocenters. The van der Waals surface area contributed by atoms with Crippen molar-refractivity contribution in [2.24, 2.45) is 5.29 Å². The highest BCUT2D eigenvalue weighted by molar-refractivity contribution is 5.61. The van der Waals surface area contributed by atoms with Crippen molar-refractivity contribution in [1.29, 1.82) is 0 Å². The van der Waals surface area contributed by atoms with E-state index in [0.717, 1.165) is 17.1 Å². The topological polar surface area (TPSA) is 32.7 Å². The van der Waals surface area contributed by atoms with Crippen LogP contribution >= 0.6 is 0 Å². The predicted octanol–water partition coefficient (Wildman–Crippen LogP) is 3.78. The fourth-order valence-corrected chi connectivity index (χ4v) is 1.46. The largest absolute Gasteiger partial charge is 0.207 e. The maximum absolute atomic E-state index is 13.0. The summed E-state index contributed by atoms with van der Waals surface area (Å²) in [5.74, 6) is -0.986. The molecular weight excluding hydrogens is 226 g/mol. The van der Waals surface area contributed by atoms with Gasteiger partial charge in [0.15, 0.2) is 0 Å². The third-order valence-corrected chi connectivity index (χ3v) is 2.19. The van der Waals surface area contributed by atoms with Crippen molar-refractivity contribution in [2.75, 3.05) is 5.01 Å². The van der Waals surface area contributed by atoms with Crippen LogP contribution in [0.5, 0.6) is 0 Å². The molecule has 0 aliphatic carbocycles. The van der Waals surface area contributed by atoms with E-state index >= 15 is 0 Å². The van der Waals surface area contributed by atoms with Gasteiger partial charge in [-0.15, -0.1) is 4.91 Å². The average molecular weight is 234 g/mol. The molecule has 2 rings (SSSR count). The first-order chi connectivity index (χ1) is 8.20. The van der Waals surface area contributed by atoms with E-state index in [9.17, 15) is 13.7 Å². The summed E-state index contributed by atoms with van der Waals surface area (Å²) in [5, 5.41) is 3.68.